The number of nitrogens with one attached hydrogen (secondary N) is 1. The Bertz CT molecular complexity index is 1000. The van der Waals surface area contributed by atoms with Gasteiger partial charge in [0.05, 0.1) is 28.6 Å². The lowest BCUT2D eigenvalue weighted by molar-refractivity contribution is 0.107. The predicted octanol–water partition coefficient (Wildman–Crippen LogP) is 2.97. The van der Waals surface area contributed by atoms with Gasteiger partial charge in [-0.3, -0.25) is 14.7 Å². The van der Waals surface area contributed by atoms with Gasteiger partial charge in [0, 0.05) is 18.5 Å². The van der Waals surface area contributed by atoms with Crippen molar-refractivity contribution in [1.82, 2.24) is 21.0 Å². The molecule has 2 saturated heterocycles. The molecule has 1 aromatic heterocycles. The fourth-order valence-electron chi connectivity index (χ4n) is 4.70. The Balaban J connectivity index is 0.00000192. The summed E-state index contributed by atoms with van der Waals surface area (Å²) in [6.45, 7) is 1.98. The van der Waals surface area contributed by atoms with Crippen LogP contribution in [0, 0.1) is 5.82 Å². The molecule has 2 fully saturated rings. The number of aromatic amines is 1. The van der Waals surface area contributed by atoms with Crippen molar-refractivity contribution in [3.8, 4) is 6.01 Å². The summed E-state index contributed by atoms with van der Waals surface area (Å²) >= 11 is 3.24. The SMILES string of the molecule is N.O=c1[nH]c(OC[C@@]23CCCN2C[C@H](F)C3)nc2c(F)c(Br)c3c(c12)COC3. The van der Waals surface area contributed by atoms with Crippen molar-refractivity contribution in [2.75, 3.05) is 19.7 Å². The second-order valence-corrected chi connectivity index (χ2v) is 8.33. The van der Waals surface area contributed by atoms with Crippen LogP contribution < -0.4 is 16.4 Å². The van der Waals surface area contributed by atoms with E-state index in [1.165, 1.54) is 0 Å². The third kappa shape index (κ3) is 2.85. The van der Waals surface area contributed by atoms with E-state index >= 15 is 0 Å². The number of hydrogen-bond donors (Lipinski definition) is 2. The molecule has 152 valence electrons. The second kappa shape index (κ2) is 7.01. The summed E-state index contributed by atoms with van der Waals surface area (Å²) in [6.07, 6.45) is 1.38. The summed E-state index contributed by atoms with van der Waals surface area (Å²) in [7, 11) is 0. The van der Waals surface area contributed by atoms with Crippen molar-refractivity contribution < 1.29 is 18.3 Å². The van der Waals surface area contributed by atoms with Gasteiger partial charge in [0.15, 0.2) is 5.82 Å². The van der Waals surface area contributed by atoms with E-state index in [0.29, 0.717) is 24.1 Å². The lowest BCUT2D eigenvalue weighted by atomic mass is 9.95. The Hall–Kier alpha value is -1.62. The Morgan fingerprint density at radius 3 is 3.00 bits per heavy atom. The maximum atomic E-state index is 14.8. The number of aromatic nitrogens is 2. The van der Waals surface area contributed by atoms with Crippen molar-refractivity contribution in [3.05, 3.63) is 31.8 Å². The zero-order valence-electron chi connectivity index (χ0n) is 15.2. The number of nitrogens with zero attached hydrogens (tertiary/aromatic N) is 2. The van der Waals surface area contributed by atoms with Crippen molar-refractivity contribution in [1.29, 1.82) is 0 Å². The van der Waals surface area contributed by atoms with E-state index in [1.807, 2.05) is 0 Å². The minimum Gasteiger partial charge on any atom is -0.463 e. The van der Waals surface area contributed by atoms with Gasteiger partial charge in [0.1, 0.15) is 18.3 Å². The fraction of sp³-hybridized carbons (Fsp3) is 0.556. The Kier molecular flexibility index (Phi) is 4.93. The number of ether oxygens (including phenoxy) is 2. The van der Waals surface area contributed by atoms with Crippen molar-refractivity contribution in [2.24, 2.45) is 0 Å². The van der Waals surface area contributed by atoms with Gasteiger partial charge in [-0.2, -0.15) is 4.98 Å². The molecule has 28 heavy (non-hydrogen) atoms. The molecule has 4 heterocycles. The van der Waals surface area contributed by atoms with Gasteiger partial charge >= 0.3 is 0 Å². The van der Waals surface area contributed by atoms with Crippen molar-refractivity contribution in [3.63, 3.8) is 0 Å². The quantitative estimate of drug-likeness (QED) is 0.732. The smallest absolute Gasteiger partial charge is 0.297 e. The molecule has 0 spiro atoms. The summed E-state index contributed by atoms with van der Waals surface area (Å²) in [6, 6.07) is -0.0410. The number of halogens is 3. The molecule has 0 unspecified atom stereocenters. The number of hydrogen-bond acceptors (Lipinski definition) is 6. The maximum Gasteiger partial charge on any atom is 0.297 e. The van der Waals surface area contributed by atoms with Crippen LogP contribution in [0.3, 0.4) is 0 Å². The maximum absolute atomic E-state index is 14.8. The number of fused-ring (bicyclic) bond motifs is 4. The molecule has 4 N–H and O–H groups in total. The van der Waals surface area contributed by atoms with E-state index in [2.05, 4.69) is 30.8 Å². The second-order valence-electron chi connectivity index (χ2n) is 7.54. The highest BCUT2D eigenvalue weighted by atomic mass is 79.9. The van der Waals surface area contributed by atoms with Gasteiger partial charge in [-0.1, -0.05) is 0 Å². The van der Waals surface area contributed by atoms with E-state index in [9.17, 15) is 13.6 Å². The molecule has 0 saturated carbocycles. The molecular weight excluding hydrogens is 438 g/mol. The van der Waals surface area contributed by atoms with Crippen LogP contribution in [0.2, 0.25) is 0 Å². The number of rotatable bonds is 3. The predicted molar refractivity (Wildman–Crippen MR) is 102 cm³/mol. The first-order valence-corrected chi connectivity index (χ1v) is 9.80. The number of H-pyrrole nitrogens is 1. The molecule has 0 radical (unpaired) electrons. The molecule has 2 aromatic rings. The van der Waals surface area contributed by atoms with Crippen LogP contribution in [0.25, 0.3) is 10.9 Å². The molecule has 3 aliphatic heterocycles. The van der Waals surface area contributed by atoms with E-state index < -0.39 is 17.5 Å². The minimum absolute atomic E-state index is 0. The lowest BCUT2D eigenvalue weighted by Crippen LogP contribution is -2.43. The van der Waals surface area contributed by atoms with Crippen LogP contribution in [0.15, 0.2) is 9.27 Å². The van der Waals surface area contributed by atoms with Gasteiger partial charge in [0.25, 0.3) is 11.6 Å². The fourth-order valence-corrected chi connectivity index (χ4v) is 5.24. The minimum atomic E-state index is -0.867. The lowest BCUT2D eigenvalue weighted by Gasteiger charge is -2.30. The first kappa shape index (κ1) is 19.7. The number of benzene rings is 1. The van der Waals surface area contributed by atoms with Crippen LogP contribution in [0.5, 0.6) is 6.01 Å². The van der Waals surface area contributed by atoms with E-state index in [0.717, 1.165) is 19.4 Å². The molecule has 10 heteroatoms. The van der Waals surface area contributed by atoms with Crippen molar-refractivity contribution >= 4 is 26.8 Å². The van der Waals surface area contributed by atoms with Crippen LogP contribution in [0.1, 0.15) is 30.4 Å². The molecule has 0 bridgehead atoms. The van der Waals surface area contributed by atoms with E-state index in [4.69, 9.17) is 9.47 Å². The molecule has 2 atom stereocenters. The monoisotopic (exact) mass is 458 g/mol. The van der Waals surface area contributed by atoms with Gasteiger partial charge in [-0.15, -0.1) is 0 Å². The van der Waals surface area contributed by atoms with Gasteiger partial charge < -0.3 is 15.6 Å². The highest BCUT2D eigenvalue weighted by Crippen LogP contribution is 2.40. The molecule has 7 nitrogen and oxygen atoms in total. The summed E-state index contributed by atoms with van der Waals surface area (Å²) < 4.78 is 40.1. The first-order valence-electron chi connectivity index (χ1n) is 9.01. The molecule has 1 aromatic carbocycles. The van der Waals surface area contributed by atoms with Gasteiger partial charge in [-0.25, -0.2) is 8.78 Å². The average molecular weight is 459 g/mol. The third-order valence-corrected chi connectivity index (χ3v) is 6.79. The molecule has 0 amide bonds. The first-order chi connectivity index (χ1) is 13.0. The normalized spacial score (nSPS) is 26.3. The molecule has 3 aliphatic rings. The topological polar surface area (TPSA) is 102 Å². The largest absolute Gasteiger partial charge is 0.463 e. The standard InChI is InChI=1S/C18H18BrF2N3O3.H3N/c19-13-11-7-26-6-10(11)12-15(14(13)21)22-17(23-16(12)25)27-8-18-2-1-3-24(18)5-9(20)4-18;/h9H,1-8H2,(H,22,23,25);1H3/t9-,18+;/m1./s1. The van der Waals surface area contributed by atoms with Crippen molar-refractivity contribution in [2.45, 2.75) is 44.2 Å². The summed E-state index contributed by atoms with van der Waals surface area (Å²) in [4.78, 5) is 21.5. The molecule has 5 rings (SSSR count). The Labute approximate surface area is 168 Å². The van der Waals surface area contributed by atoms with Crippen LogP contribution in [-0.4, -0.2) is 46.3 Å². The van der Waals surface area contributed by atoms with Crippen LogP contribution in [-0.2, 0) is 18.0 Å². The summed E-state index contributed by atoms with van der Waals surface area (Å²) in [5.74, 6) is -0.601. The summed E-state index contributed by atoms with van der Waals surface area (Å²) in [5, 5.41) is 0.195. The van der Waals surface area contributed by atoms with E-state index in [-0.39, 0.29) is 52.9 Å². The highest BCUT2D eigenvalue weighted by molar-refractivity contribution is 9.10. The highest BCUT2D eigenvalue weighted by Gasteiger charge is 2.49. The zero-order valence-corrected chi connectivity index (χ0v) is 16.8. The number of alkyl halides is 1. The van der Waals surface area contributed by atoms with E-state index in [1.54, 1.807) is 0 Å². The van der Waals surface area contributed by atoms with Crippen LogP contribution >= 0.6 is 15.9 Å². The van der Waals surface area contributed by atoms with Gasteiger partial charge in [-0.05, 0) is 40.9 Å². The Morgan fingerprint density at radius 1 is 1.39 bits per heavy atom. The van der Waals surface area contributed by atoms with Gasteiger partial charge in [0.2, 0.25) is 0 Å². The average Bonchev–Trinajstić information content (AvgIpc) is 3.31. The summed E-state index contributed by atoms with van der Waals surface area (Å²) in [5.41, 5.74) is 0.424. The zero-order chi connectivity index (χ0) is 18.8. The van der Waals surface area contributed by atoms with Crippen LogP contribution in [0.4, 0.5) is 8.78 Å². The Morgan fingerprint density at radius 2 is 2.18 bits per heavy atom. The molecular formula is C18H21BrF2N4O3. The molecule has 0 aliphatic carbocycles. The third-order valence-electron chi connectivity index (χ3n) is 5.96.